The third kappa shape index (κ3) is 4.12. The highest BCUT2D eigenvalue weighted by Gasteiger charge is 2.23. The van der Waals surface area contributed by atoms with Gasteiger partial charge in [-0.2, -0.15) is 0 Å². The Kier molecular flexibility index (Phi) is 4.79. The molecule has 0 aromatic heterocycles. The fourth-order valence-electron chi connectivity index (χ4n) is 2.83. The van der Waals surface area contributed by atoms with Gasteiger partial charge in [-0.05, 0) is 56.5 Å². The standard InChI is InChI=1S/C12H25N/c1-4-13-6-5-12-8-10(2)7-11(3)9-12/h10-13H,4-9H2,1-3H3. The first-order chi connectivity index (χ1) is 6.22. The molecular formula is C12H25N. The van der Waals surface area contributed by atoms with Gasteiger partial charge in [-0.3, -0.25) is 0 Å². The Labute approximate surface area is 83.3 Å². The molecule has 0 heterocycles. The summed E-state index contributed by atoms with van der Waals surface area (Å²) in [5.74, 6) is 2.93. The molecule has 2 atom stereocenters. The van der Waals surface area contributed by atoms with Gasteiger partial charge >= 0.3 is 0 Å². The van der Waals surface area contributed by atoms with Crippen LogP contribution in [0.3, 0.4) is 0 Å². The Morgan fingerprint density at radius 1 is 1.08 bits per heavy atom. The Morgan fingerprint density at radius 2 is 1.69 bits per heavy atom. The van der Waals surface area contributed by atoms with Crippen molar-refractivity contribution in [3.05, 3.63) is 0 Å². The lowest BCUT2D eigenvalue weighted by Gasteiger charge is -2.31. The van der Waals surface area contributed by atoms with Gasteiger partial charge in [0.1, 0.15) is 0 Å². The van der Waals surface area contributed by atoms with E-state index in [-0.39, 0.29) is 0 Å². The average Bonchev–Trinajstić information content (AvgIpc) is 2.03. The highest BCUT2D eigenvalue weighted by molar-refractivity contribution is 4.75. The Bertz CT molecular complexity index is 123. The third-order valence-electron chi connectivity index (χ3n) is 3.26. The fraction of sp³-hybridized carbons (Fsp3) is 1.00. The van der Waals surface area contributed by atoms with Gasteiger partial charge in [-0.25, -0.2) is 0 Å². The van der Waals surface area contributed by atoms with Crippen molar-refractivity contribution in [2.75, 3.05) is 13.1 Å². The molecule has 0 amide bonds. The van der Waals surface area contributed by atoms with Crippen LogP contribution in [-0.4, -0.2) is 13.1 Å². The summed E-state index contributed by atoms with van der Waals surface area (Å²) in [6.07, 6.45) is 5.78. The predicted octanol–water partition coefficient (Wildman–Crippen LogP) is 3.06. The highest BCUT2D eigenvalue weighted by atomic mass is 14.8. The maximum atomic E-state index is 3.43. The van der Waals surface area contributed by atoms with Gasteiger partial charge in [0, 0.05) is 0 Å². The summed E-state index contributed by atoms with van der Waals surface area (Å²) in [5, 5.41) is 3.43. The number of hydrogen-bond acceptors (Lipinski definition) is 1. The highest BCUT2D eigenvalue weighted by Crippen LogP contribution is 2.34. The van der Waals surface area contributed by atoms with E-state index in [0.29, 0.717) is 0 Å². The predicted molar refractivity (Wildman–Crippen MR) is 58.8 cm³/mol. The molecule has 0 radical (unpaired) electrons. The van der Waals surface area contributed by atoms with Gasteiger partial charge in [0.15, 0.2) is 0 Å². The minimum atomic E-state index is 0.968. The minimum Gasteiger partial charge on any atom is -0.317 e. The molecule has 1 aliphatic carbocycles. The van der Waals surface area contributed by atoms with E-state index in [2.05, 4.69) is 26.1 Å². The van der Waals surface area contributed by atoms with Gasteiger partial charge in [0.2, 0.25) is 0 Å². The van der Waals surface area contributed by atoms with Crippen LogP contribution in [0, 0.1) is 17.8 Å². The molecule has 1 nitrogen and oxygen atoms in total. The summed E-state index contributed by atoms with van der Waals surface area (Å²) in [7, 11) is 0. The lowest BCUT2D eigenvalue weighted by molar-refractivity contribution is 0.209. The van der Waals surface area contributed by atoms with Crippen LogP contribution in [0.25, 0.3) is 0 Å². The van der Waals surface area contributed by atoms with E-state index < -0.39 is 0 Å². The Hall–Kier alpha value is -0.0400. The molecule has 13 heavy (non-hydrogen) atoms. The zero-order valence-corrected chi connectivity index (χ0v) is 9.47. The molecule has 0 bridgehead atoms. The van der Waals surface area contributed by atoms with Crippen molar-refractivity contribution in [3.8, 4) is 0 Å². The first kappa shape index (κ1) is 11.0. The van der Waals surface area contributed by atoms with Gasteiger partial charge < -0.3 is 5.32 Å². The molecule has 1 saturated carbocycles. The molecule has 0 spiro atoms. The second-order valence-corrected chi connectivity index (χ2v) is 4.93. The van der Waals surface area contributed by atoms with Crippen LogP contribution in [0.4, 0.5) is 0 Å². The van der Waals surface area contributed by atoms with Crippen molar-refractivity contribution in [2.45, 2.75) is 46.5 Å². The average molecular weight is 183 g/mol. The molecule has 1 rings (SSSR count). The van der Waals surface area contributed by atoms with Crippen molar-refractivity contribution in [2.24, 2.45) is 17.8 Å². The van der Waals surface area contributed by atoms with Crippen LogP contribution in [0.2, 0.25) is 0 Å². The van der Waals surface area contributed by atoms with E-state index in [1.54, 1.807) is 0 Å². The molecule has 0 aromatic rings. The maximum absolute atomic E-state index is 3.43. The summed E-state index contributed by atoms with van der Waals surface area (Å²) in [6, 6.07) is 0. The monoisotopic (exact) mass is 183 g/mol. The third-order valence-corrected chi connectivity index (χ3v) is 3.26. The molecule has 0 saturated heterocycles. The fourth-order valence-corrected chi connectivity index (χ4v) is 2.83. The zero-order valence-electron chi connectivity index (χ0n) is 9.47. The summed E-state index contributed by atoms with van der Waals surface area (Å²) in [6.45, 7) is 9.36. The molecular weight excluding hydrogens is 158 g/mol. The van der Waals surface area contributed by atoms with Crippen LogP contribution in [-0.2, 0) is 0 Å². The number of nitrogens with one attached hydrogen (secondary N) is 1. The molecule has 1 heteroatoms. The summed E-state index contributed by atoms with van der Waals surface area (Å²) in [4.78, 5) is 0. The van der Waals surface area contributed by atoms with E-state index in [1.165, 1.54) is 32.2 Å². The Morgan fingerprint density at radius 3 is 2.23 bits per heavy atom. The summed E-state index contributed by atoms with van der Waals surface area (Å²) >= 11 is 0. The van der Waals surface area contributed by atoms with Crippen LogP contribution >= 0.6 is 0 Å². The zero-order chi connectivity index (χ0) is 9.68. The second kappa shape index (κ2) is 5.64. The van der Waals surface area contributed by atoms with Crippen molar-refractivity contribution in [1.29, 1.82) is 0 Å². The summed E-state index contributed by atoms with van der Waals surface area (Å²) in [5.41, 5.74) is 0. The first-order valence-electron chi connectivity index (χ1n) is 5.93. The normalized spacial score (nSPS) is 34.8. The van der Waals surface area contributed by atoms with Crippen LogP contribution in [0.15, 0.2) is 0 Å². The molecule has 1 aliphatic rings. The van der Waals surface area contributed by atoms with Gasteiger partial charge in [0.25, 0.3) is 0 Å². The molecule has 0 aliphatic heterocycles. The van der Waals surface area contributed by atoms with Gasteiger partial charge in [-0.15, -0.1) is 0 Å². The molecule has 1 N–H and O–H groups in total. The van der Waals surface area contributed by atoms with E-state index in [9.17, 15) is 0 Å². The quantitative estimate of drug-likeness (QED) is 0.661. The van der Waals surface area contributed by atoms with Crippen LogP contribution < -0.4 is 5.32 Å². The van der Waals surface area contributed by atoms with E-state index in [1.807, 2.05) is 0 Å². The van der Waals surface area contributed by atoms with Crippen LogP contribution in [0.1, 0.15) is 46.5 Å². The first-order valence-corrected chi connectivity index (χ1v) is 5.93. The van der Waals surface area contributed by atoms with Gasteiger partial charge in [-0.1, -0.05) is 20.8 Å². The van der Waals surface area contributed by atoms with Crippen LogP contribution in [0.5, 0.6) is 0 Å². The van der Waals surface area contributed by atoms with Crippen molar-refractivity contribution in [3.63, 3.8) is 0 Å². The van der Waals surface area contributed by atoms with E-state index in [4.69, 9.17) is 0 Å². The van der Waals surface area contributed by atoms with Crippen molar-refractivity contribution in [1.82, 2.24) is 5.32 Å². The number of hydrogen-bond donors (Lipinski definition) is 1. The molecule has 78 valence electrons. The van der Waals surface area contributed by atoms with E-state index >= 15 is 0 Å². The second-order valence-electron chi connectivity index (χ2n) is 4.93. The molecule has 0 aromatic carbocycles. The lowest BCUT2D eigenvalue weighted by atomic mass is 9.75. The van der Waals surface area contributed by atoms with Gasteiger partial charge in [0.05, 0.1) is 0 Å². The lowest BCUT2D eigenvalue weighted by Crippen LogP contribution is -2.24. The van der Waals surface area contributed by atoms with Crippen molar-refractivity contribution < 1.29 is 0 Å². The Balaban J connectivity index is 2.17. The smallest absolute Gasteiger partial charge is 0.00464 e. The number of rotatable bonds is 4. The van der Waals surface area contributed by atoms with Crippen molar-refractivity contribution >= 4 is 0 Å². The maximum Gasteiger partial charge on any atom is -0.00464 e. The molecule has 2 unspecified atom stereocenters. The SMILES string of the molecule is CCNCCC1CC(C)CC(C)C1. The van der Waals surface area contributed by atoms with E-state index in [0.717, 1.165) is 24.3 Å². The molecule has 1 fully saturated rings. The largest absolute Gasteiger partial charge is 0.317 e. The minimum absolute atomic E-state index is 0.968. The summed E-state index contributed by atoms with van der Waals surface area (Å²) < 4.78 is 0. The topological polar surface area (TPSA) is 12.0 Å².